The normalized spacial score (nSPS) is 16.0. The molecule has 2 unspecified atom stereocenters. The number of hydrogen-bond acceptors (Lipinski definition) is 1. The first-order valence-electron chi connectivity index (χ1n) is 5.31. The van der Waals surface area contributed by atoms with Crippen molar-refractivity contribution >= 4 is 0 Å². The van der Waals surface area contributed by atoms with Crippen LogP contribution in [0.25, 0.3) is 0 Å². The van der Waals surface area contributed by atoms with Crippen LogP contribution in [-0.4, -0.2) is 11.7 Å². The Labute approximate surface area is 77.2 Å². The van der Waals surface area contributed by atoms with Gasteiger partial charge in [0.25, 0.3) is 0 Å². The van der Waals surface area contributed by atoms with Gasteiger partial charge >= 0.3 is 0 Å². The van der Waals surface area contributed by atoms with Crippen LogP contribution in [0.1, 0.15) is 52.9 Å². The molecule has 0 aliphatic heterocycles. The second kappa shape index (κ2) is 7.60. The highest BCUT2D eigenvalue weighted by Gasteiger charge is 2.07. The van der Waals surface area contributed by atoms with Gasteiger partial charge in [0.05, 0.1) is 0 Å². The number of aliphatic hydroxyl groups excluding tert-OH is 1. The van der Waals surface area contributed by atoms with Crippen molar-refractivity contribution in [1.82, 2.24) is 0 Å². The molecule has 0 aromatic carbocycles. The standard InChI is InChI=1S/C11H24O/c1-4-6-10(2)9-11(3)7-5-8-12/h10-12H,4-9H2,1-3H3. The quantitative estimate of drug-likeness (QED) is 0.625. The van der Waals surface area contributed by atoms with Gasteiger partial charge in [-0.25, -0.2) is 0 Å². The molecule has 12 heavy (non-hydrogen) atoms. The van der Waals surface area contributed by atoms with Crippen molar-refractivity contribution in [3.63, 3.8) is 0 Å². The average molecular weight is 172 g/mol. The monoisotopic (exact) mass is 172 g/mol. The van der Waals surface area contributed by atoms with Crippen molar-refractivity contribution in [1.29, 1.82) is 0 Å². The van der Waals surface area contributed by atoms with E-state index in [2.05, 4.69) is 20.8 Å². The predicted molar refractivity (Wildman–Crippen MR) is 54.2 cm³/mol. The molecule has 0 saturated heterocycles. The molecule has 1 nitrogen and oxygen atoms in total. The van der Waals surface area contributed by atoms with E-state index in [1.54, 1.807) is 0 Å². The molecule has 74 valence electrons. The molecule has 0 aliphatic carbocycles. The van der Waals surface area contributed by atoms with Crippen molar-refractivity contribution in [2.45, 2.75) is 52.9 Å². The van der Waals surface area contributed by atoms with Crippen LogP contribution in [0.15, 0.2) is 0 Å². The summed E-state index contributed by atoms with van der Waals surface area (Å²) >= 11 is 0. The van der Waals surface area contributed by atoms with Gasteiger partial charge in [0, 0.05) is 6.61 Å². The summed E-state index contributed by atoms with van der Waals surface area (Å²) in [5.74, 6) is 1.65. The van der Waals surface area contributed by atoms with E-state index >= 15 is 0 Å². The summed E-state index contributed by atoms with van der Waals surface area (Å²) in [6.07, 6.45) is 6.13. The van der Waals surface area contributed by atoms with Gasteiger partial charge in [-0.15, -0.1) is 0 Å². The number of rotatable bonds is 7. The Morgan fingerprint density at radius 2 is 1.67 bits per heavy atom. The molecule has 0 aromatic rings. The molecule has 0 heterocycles. The number of aliphatic hydroxyl groups is 1. The van der Waals surface area contributed by atoms with Gasteiger partial charge in [0.1, 0.15) is 0 Å². The van der Waals surface area contributed by atoms with Crippen LogP contribution in [0.4, 0.5) is 0 Å². The van der Waals surface area contributed by atoms with Crippen molar-refractivity contribution in [3.05, 3.63) is 0 Å². The zero-order valence-electron chi connectivity index (χ0n) is 8.84. The summed E-state index contributed by atoms with van der Waals surface area (Å²) in [6.45, 7) is 7.22. The molecule has 0 aromatic heterocycles. The molecule has 1 heteroatoms. The van der Waals surface area contributed by atoms with E-state index in [-0.39, 0.29) is 0 Å². The minimum atomic E-state index is 0.354. The maximum absolute atomic E-state index is 8.65. The Hall–Kier alpha value is -0.0400. The van der Waals surface area contributed by atoms with Gasteiger partial charge in [-0.05, 0) is 31.1 Å². The summed E-state index contributed by atoms with van der Waals surface area (Å²) in [5.41, 5.74) is 0. The Morgan fingerprint density at radius 3 is 2.17 bits per heavy atom. The van der Waals surface area contributed by atoms with E-state index in [9.17, 15) is 0 Å². The average Bonchev–Trinajstić information content (AvgIpc) is 2.01. The summed E-state index contributed by atoms with van der Waals surface area (Å²) in [6, 6.07) is 0. The second-order valence-electron chi connectivity index (χ2n) is 4.10. The molecule has 0 fully saturated rings. The van der Waals surface area contributed by atoms with Gasteiger partial charge in [0.2, 0.25) is 0 Å². The minimum absolute atomic E-state index is 0.354. The lowest BCUT2D eigenvalue weighted by molar-refractivity contribution is 0.264. The molecule has 1 N–H and O–H groups in total. The van der Waals surface area contributed by atoms with Crippen molar-refractivity contribution in [2.24, 2.45) is 11.8 Å². The fourth-order valence-electron chi connectivity index (χ4n) is 1.86. The minimum Gasteiger partial charge on any atom is -0.396 e. The van der Waals surface area contributed by atoms with Crippen LogP contribution in [0.2, 0.25) is 0 Å². The first-order chi connectivity index (χ1) is 5.70. The maximum atomic E-state index is 8.65. The van der Waals surface area contributed by atoms with Crippen molar-refractivity contribution < 1.29 is 5.11 Å². The largest absolute Gasteiger partial charge is 0.396 e. The Kier molecular flexibility index (Phi) is 7.58. The first kappa shape index (κ1) is 12.0. The third-order valence-corrected chi connectivity index (χ3v) is 2.44. The van der Waals surface area contributed by atoms with Crippen LogP contribution in [0.3, 0.4) is 0 Å². The zero-order valence-corrected chi connectivity index (χ0v) is 8.84. The van der Waals surface area contributed by atoms with E-state index in [4.69, 9.17) is 5.11 Å². The fourth-order valence-corrected chi connectivity index (χ4v) is 1.86. The molecule has 0 amide bonds. The first-order valence-corrected chi connectivity index (χ1v) is 5.31. The van der Waals surface area contributed by atoms with Gasteiger partial charge in [-0.2, -0.15) is 0 Å². The Bertz CT molecular complexity index is 91.0. The molecule has 0 radical (unpaired) electrons. The third kappa shape index (κ3) is 6.66. The maximum Gasteiger partial charge on any atom is 0.0431 e. The fraction of sp³-hybridized carbons (Fsp3) is 1.00. The lowest BCUT2D eigenvalue weighted by Crippen LogP contribution is -2.03. The second-order valence-corrected chi connectivity index (χ2v) is 4.10. The lowest BCUT2D eigenvalue weighted by atomic mass is 9.91. The smallest absolute Gasteiger partial charge is 0.0431 e. The highest BCUT2D eigenvalue weighted by Crippen LogP contribution is 2.19. The van der Waals surface area contributed by atoms with Crippen LogP contribution >= 0.6 is 0 Å². The molecule has 0 aliphatic rings. The van der Waals surface area contributed by atoms with Crippen molar-refractivity contribution in [2.75, 3.05) is 6.61 Å². The highest BCUT2D eigenvalue weighted by atomic mass is 16.2. The van der Waals surface area contributed by atoms with Crippen molar-refractivity contribution in [3.8, 4) is 0 Å². The molecule has 0 rings (SSSR count). The van der Waals surface area contributed by atoms with Crippen LogP contribution in [0, 0.1) is 11.8 Å². The predicted octanol–water partition coefficient (Wildman–Crippen LogP) is 3.22. The van der Waals surface area contributed by atoms with Crippen LogP contribution in [-0.2, 0) is 0 Å². The summed E-state index contributed by atoms with van der Waals surface area (Å²) in [4.78, 5) is 0. The van der Waals surface area contributed by atoms with E-state index in [0.717, 1.165) is 18.3 Å². The summed E-state index contributed by atoms with van der Waals surface area (Å²) in [5, 5.41) is 8.65. The Balaban J connectivity index is 3.33. The molecular weight excluding hydrogens is 148 g/mol. The highest BCUT2D eigenvalue weighted by molar-refractivity contribution is 4.59. The molecule has 0 spiro atoms. The summed E-state index contributed by atoms with van der Waals surface area (Å²) in [7, 11) is 0. The molecule has 0 saturated carbocycles. The molecule has 2 atom stereocenters. The van der Waals surface area contributed by atoms with Gasteiger partial charge in [-0.3, -0.25) is 0 Å². The van der Waals surface area contributed by atoms with E-state index < -0.39 is 0 Å². The zero-order chi connectivity index (χ0) is 9.40. The molecule has 0 bridgehead atoms. The Morgan fingerprint density at radius 1 is 1.08 bits per heavy atom. The van der Waals surface area contributed by atoms with Crippen LogP contribution in [0.5, 0.6) is 0 Å². The van der Waals surface area contributed by atoms with Gasteiger partial charge in [0.15, 0.2) is 0 Å². The number of hydrogen-bond donors (Lipinski definition) is 1. The lowest BCUT2D eigenvalue weighted by Gasteiger charge is -2.15. The van der Waals surface area contributed by atoms with Gasteiger partial charge in [-0.1, -0.05) is 33.6 Å². The topological polar surface area (TPSA) is 20.2 Å². The third-order valence-electron chi connectivity index (χ3n) is 2.44. The van der Waals surface area contributed by atoms with E-state index in [1.165, 1.54) is 25.7 Å². The summed E-state index contributed by atoms with van der Waals surface area (Å²) < 4.78 is 0. The van der Waals surface area contributed by atoms with E-state index in [0.29, 0.717) is 6.61 Å². The molecular formula is C11H24O. The van der Waals surface area contributed by atoms with Crippen LogP contribution < -0.4 is 0 Å². The van der Waals surface area contributed by atoms with Gasteiger partial charge < -0.3 is 5.11 Å². The van der Waals surface area contributed by atoms with E-state index in [1.807, 2.05) is 0 Å². The SMILES string of the molecule is CCCC(C)CC(C)CCCO.